The minimum absolute atomic E-state index is 0.398. The first-order valence-electron chi connectivity index (χ1n) is 4.90. The molecule has 0 aliphatic heterocycles. The van der Waals surface area contributed by atoms with Gasteiger partial charge >= 0.3 is 5.69 Å². The predicted octanol–water partition coefficient (Wildman–Crippen LogP) is 1.14. The zero-order valence-corrected chi connectivity index (χ0v) is 9.40. The Kier molecular flexibility index (Phi) is 2.15. The van der Waals surface area contributed by atoms with Crippen molar-refractivity contribution in [2.45, 2.75) is 0 Å². The van der Waals surface area contributed by atoms with Crippen LogP contribution in [-0.4, -0.2) is 14.5 Å². The highest BCUT2D eigenvalue weighted by Crippen LogP contribution is 2.20. The summed E-state index contributed by atoms with van der Waals surface area (Å²) in [6.45, 7) is 0. The zero-order valence-electron chi connectivity index (χ0n) is 8.58. The van der Waals surface area contributed by atoms with Gasteiger partial charge in [0.15, 0.2) is 0 Å². The lowest BCUT2D eigenvalue weighted by Gasteiger charge is -2.03. The number of H-pyrrole nitrogens is 1. The lowest BCUT2D eigenvalue weighted by Crippen LogP contribution is -2.27. The van der Waals surface area contributed by atoms with Gasteiger partial charge in [0.2, 0.25) is 0 Å². The van der Waals surface area contributed by atoms with Crippen LogP contribution in [0.25, 0.3) is 15.9 Å². The standard InChI is InChI=1S/C11H7N3O2S/c15-10-3-4-14(11(16)13-10)7-1-2-8-9(5-7)17-6-12-8/h1-6H,(H,13,15,16). The maximum Gasteiger partial charge on any atom is 0.332 e. The lowest BCUT2D eigenvalue weighted by molar-refractivity contribution is 0.897. The molecule has 0 amide bonds. The van der Waals surface area contributed by atoms with E-state index in [4.69, 9.17) is 0 Å². The molecule has 17 heavy (non-hydrogen) atoms. The topological polar surface area (TPSA) is 67.8 Å². The Hall–Kier alpha value is -2.21. The van der Waals surface area contributed by atoms with Gasteiger partial charge in [-0.25, -0.2) is 9.78 Å². The molecule has 0 fully saturated rings. The van der Waals surface area contributed by atoms with E-state index in [-0.39, 0.29) is 0 Å². The van der Waals surface area contributed by atoms with Crippen LogP contribution in [0.3, 0.4) is 0 Å². The average Bonchev–Trinajstić information content (AvgIpc) is 2.75. The molecule has 0 atom stereocenters. The third-order valence-corrected chi connectivity index (χ3v) is 3.21. The van der Waals surface area contributed by atoms with E-state index in [2.05, 4.69) is 9.97 Å². The SMILES string of the molecule is O=c1ccn(-c2ccc3ncsc3c2)c(=O)[nH]1. The highest BCUT2D eigenvalue weighted by Gasteiger charge is 2.02. The van der Waals surface area contributed by atoms with E-state index in [1.807, 2.05) is 12.1 Å². The molecule has 0 aliphatic carbocycles. The average molecular weight is 245 g/mol. The fourth-order valence-corrected chi connectivity index (χ4v) is 2.32. The number of fused-ring (bicyclic) bond motifs is 1. The summed E-state index contributed by atoms with van der Waals surface area (Å²) in [5.41, 5.74) is 2.52. The molecule has 5 nitrogen and oxygen atoms in total. The van der Waals surface area contributed by atoms with Gasteiger partial charge in [-0.2, -0.15) is 0 Å². The van der Waals surface area contributed by atoms with Crippen LogP contribution in [0.15, 0.2) is 45.6 Å². The summed E-state index contributed by atoms with van der Waals surface area (Å²) >= 11 is 1.51. The number of thiazole rings is 1. The van der Waals surface area contributed by atoms with Crippen LogP contribution in [0, 0.1) is 0 Å². The summed E-state index contributed by atoms with van der Waals surface area (Å²) in [4.78, 5) is 29.0. The Bertz CT molecular complexity index is 800. The molecule has 1 aromatic carbocycles. The monoisotopic (exact) mass is 245 g/mol. The predicted molar refractivity (Wildman–Crippen MR) is 65.8 cm³/mol. The van der Waals surface area contributed by atoms with Crippen LogP contribution in [-0.2, 0) is 0 Å². The van der Waals surface area contributed by atoms with E-state index < -0.39 is 11.2 Å². The van der Waals surface area contributed by atoms with E-state index in [0.29, 0.717) is 5.69 Å². The van der Waals surface area contributed by atoms with E-state index in [1.54, 1.807) is 11.6 Å². The largest absolute Gasteiger partial charge is 0.332 e. The van der Waals surface area contributed by atoms with Crippen molar-refractivity contribution in [1.82, 2.24) is 14.5 Å². The second-order valence-corrected chi connectivity index (χ2v) is 4.37. The van der Waals surface area contributed by atoms with Crippen molar-refractivity contribution >= 4 is 21.6 Å². The van der Waals surface area contributed by atoms with Crippen LogP contribution in [0.4, 0.5) is 0 Å². The third kappa shape index (κ3) is 1.68. The van der Waals surface area contributed by atoms with Gasteiger partial charge < -0.3 is 0 Å². The van der Waals surface area contributed by atoms with Gasteiger partial charge in [0.05, 0.1) is 21.4 Å². The fourth-order valence-electron chi connectivity index (χ4n) is 1.61. The van der Waals surface area contributed by atoms with Gasteiger partial charge in [-0.05, 0) is 18.2 Å². The molecular formula is C11H7N3O2S. The van der Waals surface area contributed by atoms with Gasteiger partial charge in [-0.15, -0.1) is 11.3 Å². The first-order valence-corrected chi connectivity index (χ1v) is 5.77. The third-order valence-electron chi connectivity index (χ3n) is 2.42. The molecule has 0 aliphatic rings. The second kappa shape index (κ2) is 3.67. The number of nitrogens with one attached hydrogen (secondary N) is 1. The summed E-state index contributed by atoms with van der Waals surface area (Å²) in [6.07, 6.45) is 1.46. The summed E-state index contributed by atoms with van der Waals surface area (Å²) < 4.78 is 2.39. The number of aromatic amines is 1. The molecule has 0 unspecified atom stereocenters. The van der Waals surface area contributed by atoms with E-state index in [0.717, 1.165) is 10.2 Å². The molecular weight excluding hydrogens is 238 g/mol. The molecule has 0 saturated carbocycles. The zero-order chi connectivity index (χ0) is 11.8. The molecule has 84 valence electrons. The maximum absolute atomic E-state index is 11.6. The fraction of sp³-hybridized carbons (Fsp3) is 0. The van der Waals surface area contributed by atoms with Crippen molar-refractivity contribution in [3.8, 4) is 5.69 Å². The van der Waals surface area contributed by atoms with Gasteiger partial charge in [-0.3, -0.25) is 14.3 Å². The van der Waals surface area contributed by atoms with Crippen molar-refractivity contribution < 1.29 is 0 Å². The van der Waals surface area contributed by atoms with Crippen LogP contribution in [0.1, 0.15) is 0 Å². The molecule has 6 heteroatoms. The Morgan fingerprint density at radius 2 is 2.12 bits per heavy atom. The van der Waals surface area contributed by atoms with Crippen molar-refractivity contribution in [3.63, 3.8) is 0 Å². The molecule has 3 rings (SSSR count). The first kappa shape index (κ1) is 9.98. The Morgan fingerprint density at radius 1 is 1.24 bits per heavy atom. The minimum atomic E-state index is -0.443. The molecule has 0 radical (unpaired) electrons. The number of benzene rings is 1. The second-order valence-electron chi connectivity index (χ2n) is 3.48. The van der Waals surface area contributed by atoms with Crippen molar-refractivity contribution in [1.29, 1.82) is 0 Å². The smallest absolute Gasteiger partial charge is 0.274 e. The number of nitrogens with zero attached hydrogens (tertiary/aromatic N) is 2. The van der Waals surface area contributed by atoms with Gasteiger partial charge in [0, 0.05) is 12.3 Å². The summed E-state index contributed by atoms with van der Waals surface area (Å²) in [6, 6.07) is 6.82. The number of rotatable bonds is 1. The summed E-state index contributed by atoms with van der Waals surface area (Å²) in [5, 5.41) is 0. The normalized spacial score (nSPS) is 10.8. The Morgan fingerprint density at radius 3 is 2.94 bits per heavy atom. The maximum atomic E-state index is 11.6. The Balaban J connectivity index is 2.26. The van der Waals surface area contributed by atoms with Crippen LogP contribution < -0.4 is 11.2 Å². The van der Waals surface area contributed by atoms with Crippen LogP contribution in [0.5, 0.6) is 0 Å². The highest BCUT2D eigenvalue weighted by atomic mass is 32.1. The number of hydrogen-bond acceptors (Lipinski definition) is 4. The van der Waals surface area contributed by atoms with Crippen LogP contribution >= 0.6 is 11.3 Å². The number of aromatic nitrogens is 3. The van der Waals surface area contributed by atoms with Crippen molar-refractivity contribution in [3.05, 3.63) is 56.8 Å². The summed E-state index contributed by atoms with van der Waals surface area (Å²) in [7, 11) is 0. The van der Waals surface area contributed by atoms with Gasteiger partial charge in [-0.1, -0.05) is 0 Å². The molecule has 1 N–H and O–H groups in total. The molecule has 2 aromatic heterocycles. The van der Waals surface area contributed by atoms with Crippen molar-refractivity contribution in [2.75, 3.05) is 0 Å². The van der Waals surface area contributed by atoms with Crippen LogP contribution in [0.2, 0.25) is 0 Å². The molecule has 0 saturated heterocycles. The van der Waals surface area contributed by atoms with E-state index in [1.165, 1.54) is 28.2 Å². The lowest BCUT2D eigenvalue weighted by atomic mass is 10.3. The van der Waals surface area contributed by atoms with E-state index in [9.17, 15) is 9.59 Å². The van der Waals surface area contributed by atoms with Gasteiger partial charge in [0.25, 0.3) is 5.56 Å². The highest BCUT2D eigenvalue weighted by molar-refractivity contribution is 7.16. The van der Waals surface area contributed by atoms with Gasteiger partial charge in [0.1, 0.15) is 0 Å². The quantitative estimate of drug-likeness (QED) is 0.699. The Labute approximate surface area is 99.0 Å². The number of hydrogen-bond donors (Lipinski definition) is 1. The van der Waals surface area contributed by atoms with E-state index >= 15 is 0 Å². The molecule has 3 aromatic rings. The van der Waals surface area contributed by atoms with Crippen molar-refractivity contribution in [2.24, 2.45) is 0 Å². The summed E-state index contributed by atoms with van der Waals surface area (Å²) in [5.74, 6) is 0. The first-order chi connectivity index (χ1) is 8.24. The molecule has 0 spiro atoms. The molecule has 0 bridgehead atoms. The minimum Gasteiger partial charge on any atom is -0.274 e. The molecule has 2 heterocycles.